The fourth-order valence-electron chi connectivity index (χ4n) is 4.16. The lowest BCUT2D eigenvalue weighted by Crippen LogP contribution is -2.13. The van der Waals surface area contributed by atoms with Crippen molar-refractivity contribution in [2.24, 2.45) is 5.92 Å². The molecule has 30 heavy (non-hydrogen) atoms. The Bertz CT molecular complexity index is 1360. The van der Waals surface area contributed by atoms with Crippen LogP contribution in [0.25, 0.3) is 10.9 Å². The molecule has 0 radical (unpaired) electrons. The lowest BCUT2D eigenvalue weighted by molar-refractivity contribution is 0.204. The van der Waals surface area contributed by atoms with Crippen LogP contribution in [0.1, 0.15) is 37.0 Å². The Balaban J connectivity index is 1.60. The Morgan fingerprint density at radius 3 is 2.90 bits per heavy atom. The quantitative estimate of drug-likeness (QED) is 0.569. The van der Waals surface area contributed by atoms with Crippen molar-refractivity contribution >= 4 is 32.2 Å². The molecule has 1 aliphatic carbocycles. The molecule has 3 aromatic rings. The lowest BCUT2D eigenvalue weighted by Gasteiger charge is -2.14. The van der Waals surface area contributed by atoms with Crippen LogP contribution in [-0.4, -0.2) is 34.0 Å². The van der Waals surface area contributed by atoms with Gasteiger partial charge in [-0.15, -0.1) is 0 Å². The molecule has 0 spiro atoms. The number of hydrogen-bond acceptors (Lipinski definition) is 7. The van der Waals surface area contributed by atoms with Gasteiger partial charge < -0.3 is 15.4 Å². The van der Waals surface area contributed by atoms with Crippen molar-refractivity contribution in [1.82, 2.24) is 14.8 Å². The van der Waals surface area contributed by atoms with E-state index in [1.54, 1.807) is 29.1 Å². The molecular formula is C20H19N5O4S. The first-order valence-electron chi connectivity index (χ1n) is 9.67. The van der Waals surface area contributed by atoms with E-state index >= 15 is 0 Å². The Kier molecular flexibility index (Phi) is 4.20. The topological polar surface area (TPSA) is 141 Å². The van der Waals surface area contributed by atoms with Crippen LogP contribution in [0.5, 0.6) is 0 Å². The van der Waals surface area contributed by atoms with Crippen LogP contribution in [-0.2, 0) is 9.84 Å². The fourth-order valence-corrected chi connectivity index (χ4v) is 5.77. The summed E-state index contributed by atoms with van der Waals surface area (Å²) in [7, 11) is -3.48. The van der Waals surface area contributed by atoms with Gasteiger partial charge in [-0.25, -0.2) is 8.42 Å². The first-order chi connectivity index (χ1) is 14.4. The maximum absolute atomic E-state index is 12.6. The molecule has 154 valence electrons. The number of hydrogen-bond donors (Lipinski definition) is 3. The fraction of sp³-hybridized carbons (Fsp3) is 0.350. The molecule has 10 heteroatoms. The molecule has 3 heterocycles. The Morgan fingerprint density at radius 1 is 1.37 bits per heavy atom. The van der Waals surface area contributed by atoms with Gasteiger partial charge in [0, 0.05) is 17.4 Å². The summed E-state index contributed by atoms with van der Waals surface area (Å²) in [5.41, 5.74) is 1.18. The van der Waals surface area contributed by atoms with Crippen LogP contribution in [0.2, 0.25) is 0 Å². The number of fused-ring (bicyclic) bond motifs is 2. The summed E-state index contributed by atoms with van der Waals surface area (Å²) in [6.45, 7) is 0. The molecule has 1 saturated carbocycles. The Morgan fingerprint density at radius 2 is 2.17 bits per heavy atom. The predicted octanol–water partition coefficient (Wildman–Crippen LogP) is 2.15. The highest BCUT2D eigenvalue weighted by atomic mass is 32.2. The molecule has 0 unspecified atom stereocenters. The number of pyridine rings is 1. The van der Waals surface area contributed by atoms with E-state index in [9.17, 15) is 23.6 Å². The van der Waals surface area contributed by atoms with Gasteiger partial charge in [-0.1, -0.05) is 0 Å². The molecule has 1 aliphatic heterocycles. The van der Waals surface area contributed by atoms with E-state index in [4.69, 9.17) is 0 Å². The normalized spacial score (nSPS) is 20.6. The second-order valence-electron chi connectivity index (χ2n) is 7.80. The van der Waals surface area contributed by atoms with Crippen molar-refractivity contribution in [2.75, 3.05) is 11.1 Å². The lowest BCUT2D eigenvalue weighted by atomic mass is 10.1. The van der Waals surface area contributed by atoms with E-state index < -0.39 is 15.9 Å². The minimum atomic E-state index is -3.48. The zero-order chi connectivity index (χ0) is 21.0. The summed E-state index contributed by atoms with van der Waals surface area (Å²) in [4.78, 5) is 15.3. The van der Waals surface area contributed by atoms with Crippen LogP contribution in [0.15, 0.2) is 40.2 Å². The van der Waals surface area contributed by atoms with E-state index in [1.807, 2.05) is 0 Å². The van der Waals surface area contributed by atoms with Crippen LogP contribution >= 0.6 is 0 Å². The summed E-state index contributed by atoms with van der Waals surface area (Å²) in [5, 5.41) is 27.5. The molecule has 0 amide bonds. The smallest absolute Gasteiger partial charge is 0.261 e. The molecule has 1 fully saturated rings. The monoisotopic (exact) mass is 425 g/mol. The van der Waals surface area contributed by atoms with Crippen molar-refractivity contribution in [3.63, 3.8) is 0 Å². The highest BCUT2D eigenvalue weighted by Crippen LogP contribution is 2.43. The Hall–Kier alpha value is -3.16. The first-order valence-corrected chi connectivity index (χ1v) is 11.3. The summed E-state index contributed by atoms with van der Waals surface area (Å²) < 4.78 is 25.9. The van der Waals surface area contributed by atoms with Gasteiger partial charge in [-0.05, 0) is 43.0 Å². The number of nitriles is 1. The summed E-state index contributed by atoms with van der Waals surface area (Å²) in [6.07, 6.45) is 2.82. The van der Waals surface area contributed by atoms with Gasteiger partial charge >= 0.3 is 0 Å². The zero-order valence-electron chi connectivity index (χ0n) is 15.9. The number of rotatable bonds is 5. The summed E-state index contributed by atoms with van der Waals surface area (Å²) in [6, 6.07) is 8.48. The predicted molar refractivity (Wildman–Crippen MR) is 109 cm³/mol. The standard InChI is InChI=1S/C20H19N5O4S/c21-7-5-14(11-1-2-11)25-15-6-8-22-20(27)18(15)19(24-25)23-12-3-4-17-13(9-12)16(26)10-30(17,28)29/h3-4,6,8-9,11,14,16,26H,1-2,5,10H2,(H,22,27)(H,23,24)/t14-,16-/m0/s1. The zero-order valence-corrected chi connectivity index (χ0v) is 16.7. The highest BCUT2D eigenvalue weighted by molar-refractivity contribution is 7.91. The van der Waals surface area contributed by atoms with Crippen LogP contribution < -0.4 is 10.9 Å². The number of sulfone groups is 1. The van der Waals surface area contributed by atoms with E-state index in [1.165, 1.54) is 6.07 Å². The molecule has 9 nitrogen and oxygen atoms in total. The molecule has 2 aromatic heterocycles. The number of nitrogens with one attached hydrogen (secondary N) is 2. The van der Waals surface area contributed by atoms with Crippen LogP contribution in [0, 0.1) is 17.2 Å². The number of anilines is 2. The van der Waals surface area contributed by atoms with Gasteiger partial charge in [0.05, 0.1) is 40.8 Å². The molecule has 3 N–H and O–H groups in total. The average Bonchev–Trinajstić information content (AvgIpc) is 3.43. The molecular weight excluding hydrogens is 406 g/mol. The first kappa shape index (κ1) is 18.8. The van der Waals surface area contributed by atoms with Crippen LogP contribution in [0.3, 0.4) is 0 Å². The third kappa shape index (κ3) is 2.98. The second-order valence-corrected chi connectivity index (χ2v) is 9.80. The largest absolute Gasteiger partial charge is 0.387 e. The second kappa shape index (κ2) is 6.68. The molecule has 0 saturated heterocycles. The van der Waals surface area contributed by atoms with Gasteiger partial charge in [0.1, 0.15) is 5.39 Å². The van der Waals surface area contributed by atoms with E-state index in [0.29, 0.717) is 40.3 Å². The highest BCUT2D eigenvalue weighted by Gasteiger charge is 2.35. The molecule has 2 atom stereocenters. The van der Waals surface area contributed by atoms with Gasteiger partial charge in [-0.3, -0.25) is 9.48 Å². The van der Waals surface area contributed by atoms with Gasteiger partial charge in [0.15, 0.2) is 15.7 Å². The molecule has 5 rings (SSSR count). The number of aliphatic hydroxyl groups is 1. The number of benzene rings is 1. The Labute approximate surface area is 171 Å². The van der Waals surface area contributed by atoms with Gasteiger partial charge in [-0.2, -0.15) is 10.4 Å². The molecule has 1 aromatic carbocycles. The number of aromatic nitrogens is 3. The van der Waals surface area contributed by atoms with Gasteiger partial charge in [0.2, 0.25) is 0 Å². The maximum Gasteiger partial charge on any atom is 0.261 e. The van der Waals surface area contributed by atoms with E-state index in [2.05, 4.69) is 21.5 Å². The maximum atomic E-state index is 12.6. The minimum absolute atomic E-state index is 0.109. The van der Waals surface area contributed by atoms with Crippen molar-refractivity contribution < 1.29 is 13.5 Å². The average molecular weight is 425 g/mol. The number of aliphatic hydroxyl groups excluding tert-OH is 1. The summed E-state index contributed by atoms with van der Waals surface area (Å²) in [5.74, 6) is 0.353. The number of aromatic amines is 1. The van der Waals surface area contributed by atoms with E-state index in [0.717, 1.165) is 12.8 Å². The molecule has 0 bridgehead atoms. The summed E-state index contributed by atoms with van der Waals surface area (Å²) >= 11 is 0. The molecule has 2 aliphatic rings. The van der Waals surface area contributed by atoms with Crippen molar-refractivity contribution in [3.05, 3.63) is 46.4 Å². The van der Waals surface area contributed by atoms with Crippen LogP contribution in [0.4, 0.5) is 11.5 Å². The van der Waals surface area contributed by atoms with Crippen molar-refractivity contribution in [1.29, 1.82) is 5.26 Å². The van der Waals surface area contributed by atoms with Crippen molar-refractivity contribution in [2.45, 2.75) is 36.3 Å². The van der Waals surface area contributed by atoms with Gasteiger partial charge in [0.25, 0.3) is 5.56 Å². The SMILES string of the molecule is N#CC[C@@H](C1CC1)n1nc(Nc2ccc3c(c2)[C@@H](O)CS3(=O)=O)c2c(=O)[nH]ccc21. The minimum Gasteiger partial charge on any atom is -0.387 e. The third-order valence-electron chi connectivity index (χ3n) is 5.75. The van der Waals surface area contributed by atoms with Crippen molar-refractivity contribution in [3.8, 4) is 6.07 Å². The third-order valence-corrected chi connectivity index (χ3v) is 7.55. The van der Waals surface area contributed by atoms with E-state index in [-0.39, 0.29) is 22.2 Å². The number of H-pyrrole nitrogens is 1. The number of nitrogens with zero attached hydrogens (tertiary/aromatic N) is 3.